The highest BCUT2D eigenvalue weighted by Crippen LogP contribution is 2.31. The molecule has 0 nitrogen and oxygen atoms in total. The van der Waals surface area contributed by atoms with Crippen molar-refractivity contribution >= 4 is 0 Å². The van der Waals surface area contributed by atoms with Crippen LogP contribution in [-0.4, -0.2) is 6.18 Å². The van der Waals surface area contributed by atoms with Gasteiger partial charge in [0, 0.05) is 5.57 Å². The Balaban J connectivity index is 4.57. The SMILES string of the molecule is CCC(C)(C)/C=C(\C)C(F)(F)F. The van der Waals surface area contributed by atoms with Crippen molar-refractivity contribution in [1.29, 1.82) is 0 Å². The molecule has 0 spiro atoms. The Bertz CT molecular complexity index is 175. The number of halogens is 3. The molecule has 0 aliphatic carbocycles. The van der Waals surface area contributed by atoms with Gasteiger partial charge in [-0.3, -0.25) is 0 Å². The van der Waals surface area contributed by atoms with E-state index in [1.807, 2.05) is 6.92 Å². The third-order valence-corrected chi connectivity index (χ3v) is 1.97. The monoisotopic (exact) mass is 180 g/mol. The standard InChI is InChI=1S/C9H15F3/c1-5-8(3,4)6-7(2)9(10,11)12/h6H,5H2,1-4H3/b7-6+. The van der Waals surface area contributed by atoms with E-state index in [0.29, 0.717) is 6.42 Å². The summed E-state index contributed by atoms with van der Waals surface area (Å²) in [6.45, 7) is 6.57. The van der Waals surface area contributed by atoms with E-state index in [4.69, 9.17) is 0 Å². The number of alkyl halides is 3. The highest BCUT2D eigenvalue weighted by molar-refractivity contribution is 5.10. The quantitative estimate of drug-likeness (QED) is 0.565. The fourth-order valence-corrected chi connectivity index (χ4v) is 0.770. The van der Waals surface area contributed by atoms with Gasteiger partial charge < -0.3 is 0 Å². The van der Waals surface area contributed by atoms with Gasteiger partial charge in [-0.05, 0) is 18.8 Å². The van der Waals surface area contributed by atoms with E-state index < -0.39 is 11.7 Å². The lowest BCUT2D eigenvalue weighted by Gasteiger charge is -2.19. The van der Waals surface area contributed by atoms with Gasteiger partial charge in [-0.2, -0.15) is 13.2 Å². The van der Waals surface area contributed by atoms with Crippen molar-refractivity contribution in [3.63, 3.8) is 0 Å². The lowest BCUT2D eigenvalue weighted by molar-refractivity contribution is -0.0921. The number of rotatable bonds is 2. The summed E-state index contributed by atoms with van der Waals surface area (Å²) in [4.78, 5) is 0. The van der Waals surface area contributed by atoms with E-state index in [2.05, 4.69) is 0 Å². The fraction of sp³-hybridized carbons (Fsp3) is 0.778. The molecule has 0 amide bonds. The predicted molar refractivity (Wildman–Crippen MR) is 43.9 cm³/mol. The van der Waals surface area contributed by atoms with Gasteiger partial charge in [0.1, 0.15) is 0 Å². The summed E-state index contributed by atoms with van der Waals surface area (Å²) < 4.78 is 36.1. The minimum Gasteiger partial charge on any atom is -0.167 e. The molecule has 0 aliphatic rings. The third-order valence-electron chi connectivity index (χ3n) is 1.97. The summed E-state index contributed by atoms with van der Waals surface area (Å²) in [5.74, 6) is 0. The molecular weight excluding hydrogens is 165 g/mol. The molecule has 0 aromatic rings. The predicted octanol–water partition coefficient (Wildman–Crippen LogP) is 3.93. The van der Waals surface area contributed by atoms with Crippen LogP contribution in [0, 0.1) is 5.41 Å². The Morgan fingerprint density at radius 3 is 1.92 bits per heavy atom. The van der Waals surface area contributed by atoms with E-state index in [-0.39, 0.29) is 5.41 Å². The summed E-state index contributed by atoms with van der Waals surface area (Å²) in [5, 5.41) is 0. The number of hydrogen-bond donors (Lipinski definition) is 0. The maximum atomic E-state index is 12.0. The molecule has 0 radical (unpaired) electrons. The topological polar surface area (TPSA) is 0 Å². The first kappa shape index (κ1) is 11.5. The lowest BCUT2D eigenvalue weighted by Crippen LogP contribution is -2.14. The zero-order chi connectivity index (χ0) is 9.99. The van der Waals surface area contributed by atoms with Crippen LogP contribution in [0.5, 0.6) is 0 Å². The summed E-state index contributed by atoms with van der Waals surface area (Å²) >= 11 is 0. The molecule has 0 aromatic carbocycles. The minimum absolute atomic E-state index is 0.362. The van der Waals surface area contributed by atoms with Crippen LogP contribution >= 0.6 is 0 Å². The zero-order valence-corrected chi connectivity index (χ0v) is 7.92. The van der Waals surface area contributed by atoms with Gasteiger partial charge in [-0.1, -0.05) is 26.8 Å². The summed E-state index contributed by atoms with van der Waals surface area (Å²) in [5.41, 5.74) is -0.867. The molecule has 0 aliphatic heterocycles. The minimum atomic E-state index is -4.17. The highest BCUT2D eigenvalue weighted by Gasteiger charge is 2.31. The first-order chi connectivity index (χ1) is 5.19. The van der Waals surface area contributed by atoms with Crippen molar-refractivity contribution in [3.05, 3.63) is 11.6 Å². The van der Waals surface area contributed by atoms with Crippen molar-refractivity contribution in [2.45, 2.75) is 40.3 Å². The highest BCUT2D eigenvalue weighted by atomic mass is 19.4. The zero-order valence-electron chi connectivity index (χ0n) is 7.92. The molecule has 0 rings (SSSR count). The second kappa shape index (κ2) is 3.50. The van der Waals surface area contributed by atoms with Gasteiger partial charge in [0.2, 0.25) is 0 Å². The molecule has 0 N–H and O–H groups in total. The van der Waals surface area contributed by atoms with Crippen molar-refractivity contribution in [2.75, 3.05) is 0 Å². The van der Waals surface area contributed by atoms with Crippen LogP contribution in [0.2, 0.25) is 0 Å². The number of hydrogen-bond acceptors (Lipinski definition) is 0. The molecule has 0 unspecified atom stereocenters. The average Bonchev–Trinajstić information content (AvgIpc) is 1.85. The molecule has 72 valence electrons. The van der Waals surface area contributed by atoms with Crippen molar-refractivity contribution in [3.8, 4) is 0 Å². The Hall–Kier alpha value is -0.470. The maximum Gasteiger partial charge on any atom is 0.412 e. The van der Waals surface area contributed by atoms with Crippen LogP contribution in [0.4, 0.5) is 13.2 Å². The molecule has 0 saturated heterocycles. The van der Waals surface area contributed by atoms with E-state index in [9.17, 15) is 13.2 Å². The van der Waals surface area contributed by atoms with E-state index in [0.717, 1.165) is 6.92 Å². The Labute approximate surface area is 71.5 Å². The number of allylic oxidation sites excluding steroid dienone is 2. The summed E-state index contributed by atoms with van der Waals surface area (Å²) in [7, 11) is 0. The summed E-state index contributed by atoms with van der Waals surface area (Å²) in [6, 6.07) is 0. The van der Waals surface area contributed by atoms with Crippen LogP contribution in [0.25, 0.3) is 0 Å². The second-order valence-electron chi connectivity index (χ2n) is 3.67. The normalized spacial score (nSPS) is 15.1. The third kappa shape index (κ3) is 3.79. The first-order valence-electron chi connectivity index (χ1n) is 3.95. The molecule has 0 fully saturated rings. The van der Waals surface area contributed by atoms with Crippen LogP contribution in [0.3, 0.4) is 0 Å². The van der Waals surface area contributed by atoms with E-state index in [1.54, 1.807) is 13.8 Å². The summed E-state index contributed by atoms with van der Waals surface area (Å²) in [6.07, 6.45) is -2.18. The van der Waals surface area contributed by atoms with Crippen LogP contribution in [0.1, 0.15) is 34.1 Å². The molecule has 0 bridgehead atoms. The van der Waals surface area contributed by atoms with Gasteiger partial charge in [0.05, 0.1) is 0 Å². The molecule has 12 heavy (non-hydrogen) atoms. The molecule has 0 saturated carbocycles. The van der Waals surface area contributed by atoms with Gasteiger partial charge in [0.15, 0.2) is 0 Å². The fourth-order valence-electron chi connectivity index (χ4n) is 0.770. The van der Waals surface area contributed by atoms with Gasteiger partial charge in [0.25, 0.3) is 0 Å². The Kier molecular flexibility index (Phi) is 3.36. The molecule has 0 atom stereocenters. The van der Waals surface area contributed by atoms with E-state index >= 15 is 0 Å². The van der Waals surface area contributed by atoms with Crippen molar-refractivity contribution in [2.24, 2.45) is 5.41 Å². The molecular formula is C9H15F3. The van der Waals surface area contributed by atoms with Gasteiger partial charge >= 0.3 is 6.18 Å². The Morgan fingerprint density at radius 1 is 1.25 bits per heavy atom. The Morgan fingerprint density at radius 2 is 1.67 bits per heavy atom. The van der Waals surface area contributed by atoms with Gasteiger partial charge in [-0.25, -0.2) is 0 Å². The van der Waals surface area contributed by atoms with Crippen molar-refractivity contribution < 1.29 is 13.2 Å². The van der Waals surface area contributed by atoms with E-state index in [1.165, 1.54) is 6.08 Å². The molecule has 3 heteroatoms. The lowest BCUT2D eigenvalue weighted by atomic mass is 9.88. The van der Waals surface area contributed by atoms with Crippen LogP contribution in [0.15, 0.2) is 11.6 Å². The van der Waals surface area contributed by atoms with Crippen molar-refractivity contribution in [1.82, 2.24) is 0 Å². The molecule has 0 heterocycles. The second-order valence-corrected chi connectivity index (χ2v) is 3.67. The van der Waals surface area contributed by atoms with Crippen LogP contribution < -0.4 is 0 Å². The largest absolute Gasteiger partial charge is 0.412 e. The average molecular weight is 180 g/mol. The first-order valence-corrected chi connectivity index (χ1v) is 3.95. The van der Waals surface area contributed by atoms with Gasteiger partial charge in [-0.15, -0.1) is 0 Å². The smallest absolute Gasteiger partial charge is 0.167 e. The molecule has 0 aromatic heterocycles. The van der Waals surface area contributed by atoms with Crippen LogP contribution in [-0.2, 0) is 0 Å². The maximum absolute atomic E-state index is 12.0.